The van der Waals surface area contributed by atoms with Crippen molar-refractivity contribution in [3.05, 3.63) is 81.8 Å². The topological polar surface area (TPSA) is 98.1 Å². The van der Waals surface area contributed by atoms with E-state index in [-0.39, 0.29) is 28.6 Å². The second-order valence-electron chi connectivity index (χ2n) is 8.18. The zero-order chi connectivity index (χ0) is 26.9. The number of ether oxygens (including phenoxy) is 1. The number of amides is 2. The second kappa shape index (κ2) is 10.2. The molecule has 0 bridgehead atoms. The lowest BCUT2D eigenvalue weighted by Crippen LogP contribution is -2.16. The van der Waals surface area contributed by atoms with Crippen molar-refractivity contribution in [1.82, 2.24) is 14.5 Å². The minimum atomic E-state index is -4.57. The SMILES string of the molecule is COCn1c(C)nc2c(Cl)c(C(=O)Nc3cc(NC(=O)c4cccc(C(F)(F)F)c4)ccc3C)cnc21. The van der Waals surface area contributed by atoms with Crippen molar-refractivity contribution in [2.75, 3.05) is 17.7 Å². The van der Waals surface area contributed by atoms with Crippen molar-refractivity contribution in [2.45, 2.75) is 26.8 Å². The van der Waals surface area contributed by atoms with Gasteiger partial charge in [0.05, 0.1) is 16.1 Å². The molecule has 2 aromatic heterocycles. The molecule has 2 heterocycles. The predicted octanol–water partition coefficient (Wildman–Crippen LogP) is 5.83. The average Bonchev–Trinajstić information content (AvgIpc) is 3.17. The Morgan fingerprint density at radius 3 is 2.54 bits per heavy atom. The van der Waals surface area contributed by atoms with Crippen LogP contribution in [-0.2, 0) is 17.6 Å². The number of nitrogens with zero attached hydrogens (tertiary/aromatic N) is 3. The number of aromatic nitrogens is 3. The van der Waals surface area contributed by atoms with Crippen molar-refractivity contribution >= 4 is 46.0 Å². The molecule has 4 rings (SSSR count). The van der Waals surface area contributed by atoms with Crippen LogP contribution in [-0.4, -0.2) is 33.5 Å². The summed E-state index contributed by atoms with van der Waals surface area (Å²) in [6.07, 6.45) is -3.24. The van der Waals surface area contributed by atoms with Gasteiger partial charge < -0.3 is 15.4 Å². The van der Waals surface area contributed by atoms with E-state index >= 15 is 0 Å². The first-order chi connectivity index (χ1) is 17.5. The predicted molar refractivity (Wildman–Crippen MR) is 133 cm³/mol. The third kappa shape index (κ3) is 5.42. The number of imidazole rings is 1. The van der Waals surface area contributed by atoms with Gasteiger partial charge >= 0.3 is 6.18 Å². The fourth-order valence-corrected chi connectivity index (χ4v) is 3.91. The highest BCUT2D eigenvalue weighted by molar-refractivity contribution is 6.38. The van der Waals surface area contributed by atoms with Gasteiger partial charge in [0, 0.05) is 30.2 Å². The quantitative estimate of drug-likeness (QED) is 0.326. The van der Waals surface area contributed by atoms with Gasteiger partial charge in [-0.05, 0) is 49.7 Å². The van der Waals surface area contributed by atoms with E-state index in [9.17, 15) is 22.8 Å². The number of carbonyl (C=O) groups is 2. The molecule has 12 heteroatoms. The number of carbonyl (C=O) groups excluding carboxylic acids is 2. The number of benzene rings is 2. The third-order valence-electron chi connectivity index (χ3n) is 5.59. The summed E-state index contributed by atoms with van der Waals surface area (Å²) in [5, 5.41) is 5.41. The molecule has 2 aromatic carbocycles. The zero-order valence-electron chi connectivity index (χ0n) is 19.9. The van der Waals surface area contributed by atoms with Gasteiger partial charge in [-0.15, -0.1) is 0 Å². The normalized spacial score (nSPS) is 11.5. The molecule has 0 saturated heterocycles. The highest BCUT2D eigenvalue weighted by Crippen LogP contribution is 2.30. The highest BCUT2D eigenvalue weighted by atomic mass is 35.5. The molecule has 0 aliphatic heterocycles. The third-order valence-corrected chi connectivity index (χ3v) is 5.97. The van der Waals surface area contributed by atoms with Gasteiger partial charge in [0.2, 0.25) is 0 Å². The summed E-state index contributed by atoms with van der Waals surface area (Å²) in [5.74, 6) is -0.668. The maximum absolute atomic E-state index is 13.0. The van der Waals surface area contributed by atoms with E-state index in [2.05, 4.69) is 20.6 Å². The minimum Gasteiger partial charge on any atom is -0.364 e. The molecule has 0 atom stereocenters. The van der Waals surface area contributed by atoms with Crippen molar-refractivity contribution in [1.29, 1.82) is 0 Å². The molecule has 0 fully saturated rings. The van der Waals surface area contributed by atoms with E-state index in [1.54, 1.807) is 30.5 Å². The number of methoxy groups -OCH3 is 1. The molecule has 0 saturated carbocycles. The molecule has 0 unspecified atom stereocenters. The molecule has 0 aliphatic rings. The molecule has 8 nitrogen and oxygen atoms in total. The zero-order valence-corrected chi connectivity index (χ0v) is 20.7. The molecular weight excluding hydrogens is 511 g/mol. The Morgan fingerprint density at radius 1 is 1.08 bits per heavy atom. The van der Waals surface area contributed by atoms with E-state index in [0.29, 0.717) is 28.2 Å². The molecule has 0 radical (unpaired) electrons. The van der Waals surface area contributed by atoms with Crippen LogP contribution >= 0.6 is 11.6 Å². The number of halogens is 4. The Balaban J connectivity index is 1.56. The van der Waals surface area contributed by atoms with Gasteiger partial charge in [0.15, 0.2) is 5.65 Å². The van der Waals surface area contributed by atoms with Crippen LogP contribution in [0.2, 0.25) is 5.02 Å². The molecule has 37 heavy (non-hydrogen) atoms. The van der Waals surface area contributed by atoms with Crippen LogP contribution in [0.15, 0.2) is 48.7 Å². The monoisotopic (exact) mass is 531 g/mol. The van der Waals surface area contributed by atoms with E-state index in [4.69, 9.17) is 16.3 Å². The molecule has 2 amide bonds. The largest absolute Gasteiger partial charge is 0.416 e. The van der Waals surface area contributed by atoms with Crippen molar-refractivity contribution in [3.8, 4) is 0 Å². The summed E-state index contributed by atoms with van der Waals surface area (Å²) in [7, 11) is 1.53. The summed E-state index contributed by atoms with van der Waals surface area (Å²) in [4.78, 5) is 34.3. The Labute approximate surface area is 214 Å². The van der Waals surface area contributed by atoms with Gasteiger partial charge in [-0.25, -0.2) is 9.97 Å². The number of anilines is 2. The van der Waals surface area contributed by atoms with E-state index in [1.807, 2.05) is 0 Å². The number of hydrogen-bond acceptors (Lipinski definition) is 5. The van der Waals surface area contributed by atoms with Crippen LogP contribution in [0.1, 0.15) is 37.7 Å². The van der Waals surface area contributed by atoms with Gasteiger partial charge in [-0.3, -0.25) is 14.2 Å². The van der Waals surface area contributed by atoms with Crippen LogP contribution in [0.4, 0.5) is 24.5 Å². The minimum absolute atomic E-state index is 0.0917. The summed E-state index contributed by atoms with van der Waals surface area (Å²) in [5.41, 5.74) is 1.14. The van der Waals surface area contributed by atoms with Crippen LogP contribution in [0.25, 0.3) is 11.2 Å². The van der Waals surface area contributed by atoms with E-state index < -0.39 is 23.6 Å². The van der Waals surface area contributed by atoms with E-state index in [1.165, 1.54) is 25.4 Å². The lowest BCUT2D eigenvalue weighted by atomic mass is 10.1. The summed E-state index contributed by atoms with van der Waals surface area (Å²) in [6.45, 7) is 3.72. The first-order valence-corrected chi connectivity index (χ1v) is 11.3. The van der Waals surface area contributed by atoms with Crippen LogP contribution in [0.3, 0.4) is 0 Å². The molecule has 4 aromatic rings. The highest BCUT2D eigenvalue weighted by Gasteiger charge is 2.31. The van der Waals surface area contributed by atoms with Gasteiger partial charge in [0.25, 0.3) is 11.8 Å². The Bertz CT molecular complexity index is 1520. The summed E-state index contributed by atoms with van der Waals surface area (Å²) >= 11 is 6.49. The number of pyridine rings is 1. The number of fused-ring (bicyclic) bond motifs is 1. The van der Waals surface area contributed by atoms with Gasteiger partial charge in [-0.2, -0.15) is 13.2 Å². The Hall–Kier alpha value is -3.96. The first kappa shape index (κ1) is 26.1. The standard InChI is InChI=1S/C25H21ClF3N5O3/c1-13-7-8-17(32-23(35)15-5-4-6-16(9-15)25(27,28)29)10-19(13)33-24(36)18-11-30-22-21(20(18)26)31-14(2)34(22)12-37-3/h4-11H,12H2,1-3H3,(H,32,35)(H,33,36). The van der Waals surface area contributed by atoms with Crippen molar-refractivity contribution in [3.63, 3.8) is 0 Å². The maximum atomic E-state index is 13.0. The Kier molecular flexibility index (Phi) is 7.19. The van der Waals surface area contributed by atoms with Crippen molar-refractivity contribution < 1.29 is 27.5 Å². The van der Waals surface area contributed by atoms with Crippen LogP contribution < -0.4 is 10.6 Å². The number of hydrogen-bond donors (Lipinski definition) is 2. The van der Waals surface area contributed by atoms with Gasteiger partial charge in [0.1, 0.15) is 18.1 Å². The molecule has 0 spiro atoms. The second-order valence-corrected chi connectivity index (χ2v) is 8.56. The Morgan fingerprint density at radius 2 is 1.84 bits per heavy atom. The fraction of sp³-hybridized carbons (Fsp3) is 0.200. The number of aryl methyl sites for hydroxylation is 2. The fourth-order valence-electron chi connectivity index (χ4n) is 3.65. The van der Waals surface area contributed by atoms with Crippen LogP contribution in [0, 0.1) is 13.8 Å². The smallest absolute Gasteiger partial charge is 0.364 e. The lowest BCUT2D eigenvalue weighted by molar-refractivity contribution is -0.137. The van der Waals surface area contributed by atoms with E-state index in [0.717, 1.165) is 18.2 Å². The molecule has 2 N–H and O–H groups in total. The maximum Gasteiger partial charge on any atom is 0.416 e. The molecule has 0 aliphatic carbocycles. The first-order valence-electron chi connectivity index (χ1n) is 10.9. The molecule has 192 valence electrons. The number of nitrogens with one attached hydrogen (secondary N) is 2. The molecular formula is C25H21ClF3N5O3. The van der Waals surface area contributed by atoms with Crippen molar-refractivity contribution in [2.24, 2.45) is 0 Å². The van der Waals surface area contributed by atoms with Gasteiger partial charge in [-0.1, -0.05) is 23.7 Å². The van der Waals surface area contributed by atoms with Crippen LogP contribution in [0.5, 0.6) is 0 Å². The lowest BCUT2D eigenvalue weighted by Gasteiger charge is -2.13. The average molecular weight is 532 g/mol. The number of rotatable bonds is 6. The summed E-state index contributed by atoms with van der Waals surface area (Å²) in [6, 6.07) is 8.81. The number of alkyl halides is 3. The summed E-state index contributed by atoms with van der Waals surface area (Å²) < 4.78 is 45.8.